The molecule has 3 rings (SSSR count). The summed E-state index contributed by atoms with van der Waals surface area (Å²) in [5.41, 5.74) is 1.02. The van der Waals surface area contributed by atoms with Crippen molar-refractivity contribution < 1.29 is 4.79 Å². The lowest BCUT2D eigenvalue weighted by molar-refractivity contribution is 0.0937. The number of nitrogens with one attached hydrogen (secondary N) is 1. The first-order chi connectivity index (χ1) is 11.0. The third kappa shape index (κ3) is 3.77. The number of carbonyl (C=O) groups excluding carboxylic acids is 1. The van der Waals surface area contributed by atoms with Crippen molar-refractivity contribution in [1.82, 2.24) is 15.1 Å². The van der Waals surface area contributed by atoms with E-state index in [9.17, 15) is 4.79 Å². The first kappa shape index (κ1) is 16.5. The lowest BCUT2D eigenvalue weighted by Gasteiger charge is -2.15. The van der Waals surface area contributed by atoms with E-state index >= 15 is 0 Å². The maximum atomic E-state index is 12.6. The Labute approximate surface area is 142 Å². The van der Waals surface area contributed by atoms with Crippen molar-refractivity contribution in [2.45, 2.75) is 71.9 Å². The SMILES string of the molecule is Cc1nn(CC(C)C)c2sc(C(=O)NC3CCCCCC3)cc12. The molecule has 126 valence electrons. The van der Waals surface area contributed by atoms with Gasteiger partial charge >= 0.3 is 0 Å². The summed E-state index contributed by atoms with van der Waals surface area (Å²) >= 11 is 1.58. The highest BCUT2D eigenvalue weighted by Crippen LogP contribution is 2.29. The lowest BCUT2D eigenvalue weighted by atomic mass is 10.1. The fourth-order valence-electron chi connectivity index (χ4n) is 3.37. The Morgan fingerprint density at radius 2 is 2.04 bits per heavy atom. The largest absolute Gasteiger partial charge is 0.349 e. The summed E-state index contributed by atoms with van der Waals surface area (Å²) in [4.78, 5) is 14.6. The molecule has 2 aromatic heterocycles. The predicted molar refractivity (Wildman–Crippen MR) is 96.1 cm³/mol. The van der Waals surface area contributed by atoms with Crippen LogP contribution in [0.2, 0.25) is 0 Å². The van der Waals surface area contributed by atoms with E-state index < -0.39 is 0 Å². The summed E-state index contributed by atoms with van der Waals surface area (Å²) in [6.45, 7) is 7.31. The number of amides is 1. The number of aromatic nitrogens is 2. The van der Waals surface area contributed by atoms with Crippen molar-refractivity contribution in [3.8, 4) is 0 Å². The van der Waals surface area contributed by atoms with Gasteiger partial charge in [-0.05, 0) is 31.7 Å². The van der Waals surface area contributed by atoms with Crippen molar-refractivity contribution in [1.29, 1.82) is 0 Å². The van der Waals surface area contributed by atoms with Gasteiger partial charge in [0, 0.05) is 18.0 Å². The van der Waals surface area contributed by atoms with Crippen LogP contribution in [0.5, 0.6) is 0 Å². The minimum atomic E-state index is 0.0913. The molecule has 1 saturated carbocycles. The fourth-order valence-corrected chi connectivity index (χ4v) is 4.45. The van der Waals surface area contributed by atoms with Crippen LogP contribution < -0.4 is 5.32 Å². The van der Waals surface area contributed by atoms with Gasteiger partial charge in [-0.1, -0.05) is 39.5 Å². The third-order valence-electron chi connectivity index (χ3n) is 4.56. The molecule has 0 atom stereocenters. The molecule has 1 amide bonds. The Morgan fingerprint density at radius 1 is 1.35 bits per heavy atom. The van der Waals surface area contributed by atoms with Crippen molar-refractivity contribution in [2.75, 3.05) is 0 Å². The number of nitrogens with zero attached hydrogens (tertiary/aromatic N) is 2. The molecule has 0 saturated heterocycles. The van der Waals surface area contributed by atoms with Gasteiger partial charge in [-0.2, -0.15) is 5.10 Å². The average Bonchev–Trinajstić information content (AvgIpc) is 2.93. The van der Waals surface area contributed by atoms with Crippen molar-refractivity contribution in [3.05, 3.63) is 16.6 Å². The first-order valence-electron chi connectivity index (χ1n) is 8.82. The Morgan fingerprint density at radius 3 is 2.70 bits per heavy atom. The van der Waals surface area contributed by atoms with Crippen LogP contribution in [0.1, 0.15) is 67.7 Å². The van der Waals surface area contributed by atoms with E-state index in [1.165, 1.54) is 25.7 Å². The second-order valence-electron chi connectivity index (χ2n) is 7.15. The minimum Gasteiger partial charge on any atom is -0.349 e. The van der Waals surface area contributed by atoms with E-state index in [2.05, 4.69) is 28.9 Å². The van der Waals surface area contributed by atoms with Crippen LogP contribution in [-0.2, 0) is 6.54 Å². The Kier molecular flexibility index (Phi) is 5.05. The number of carbonyl (C=O) groups is 1. The molecular weight excluding hydrogens is 306 g/mol. The molecule has 0 aliphatic heterocycles. The molecule has 1 aliphatic carbocycles. The normalized spacial score (nSPS) is 16.9. The highest BCUT2D eigenvalue weighted by molar-refractivity contribution is 7.20. The molecule has 0 radical (unpaired) electrons. The van der Waals surface area contributed by atoms with Crippen molar-refractivity contribution in [2.24, 2.45) is 5.92 Å². The van der Waals surface area contributed by atoms with Crippen LogP contribution in [0.3, 0.4) is 0 Å². The Hall–Kier alpha value is -1.36. The highest BCUT2D eigenvalue weighted by Gasteiger charge is 2.20. The van der Waals surface area contributed by atoms with E-state index in [1.54, 1.807) is 11.3 Å². The number of hydrogen-bond donors (Lipinski definition) is 1. The maximum absolute atomic E-state index is 12.6. The topological polar surface area (TPSA) is 46.9 Å². The first-order valence-corrected chi connectivity index (χ1v) is 9.64. The van der Waals surface area contributed by atoms with E-state index in [4.69, 9.17) is 0 Å². The molecule has 2 heterocycles. The van der Waals surface area contributed by atoms with Gasteiger partial charge in [0.05, 0.1) is 10.6 Å². The Balaban J connectivity index is 1.78. The van der Waals surface area contributed by atoms with Gasteiger partial charge in [-0.15, -0.1) is 11.3 Å². The van der Waals surface area contributed by atoms with Crippen LogP contribution in [0.15, 0.2) is 6.07 Å². The standard InChI is InChI=1S/C18H27N3OS/c1-12(2)11-21-18-15(13(3)20-21)10-16(23-18)17(22)19-14-8-6-4-5-7-9-14/h10,12,14H,4-9,11H2,1-3H3,(H,19,22). The van der Waals surface area contributed by atoms with Crippen LogP contribution in [0.4, 0.5) is 0 Å². The third-order valence-corrected chi connectivity index (χ3v) is 5.71. The van der Waals surface area contributed by atoms with Crippen molar-refractivity contribution in [3.63, 3.8) is 0 Å². The molecule has 0 spiro atoms. The summed E-state index contributed by atoms with van der Waals surface area (Å²) in [7, 11) is 0. The minimum absolute atomic E-state index is 0.0913. The summed E-state index contributed by atoms with van der Waals surface area (Å²) in [5, 5.41) is 8.99. The molecule has 1 N–H and O–H groups in total. The quantitative estimate of drug-likeness (QED) is 0.837. The van der Waals surface area contributed by atoms with Crippen LogP contribution >= 0.6 is 11.3 Å². The number of thiophene rings is 1. The number of fused-ring (bicyclic) bond motifs is 1. The summed E-state index contributed by atoms with van der Waals surface area (Å²) in [6.07, 6.45) is 7.33. The zero-order valence-corrected chi connectivity index (χ0v) is 15.2. The van der Waals surface area contributed by atoms with Crippen LogP contribution in [0, 0.1) is 12.8 Å². The van der Waals surface area contributed by atoms with Gasteiger partial charge in [0.1, 0.15) is 4.83 Å². The molecule has 2 aromatic rings. The summed E-state index contributed by atoms with van der Waals surface area (Å²) in [6, 6.07) is 2.37. The average molecular weight is 334 g/mol. The molecule has 1 aliphatic rings. The number of hydrogen-bond acceptors (Lipinski definition) is 3. The van der Waals surface area contributed by atoms with Crippen LogP contribution in [-0.4, -0.2) is 21.7 Å². The number of aryl methyl sites for hydroxylation is 1. The molecule has 5 heteroatoms. The van der Waals surface area contributed by atoms with Gasteiger partial charge in [0.25, 0.3) is 5.91 Å². The van der Waals surface area contributed by atoms with Gasteiger partial charge in [0.15, 0.2) is 0 Å². The van der Waals surface area contributed by atoms with E-state index in [1.807, 2.05) is 13.0 Å². The lowest BCUT2D eigenvalue weighted by Crippen LogP contribution is -2.33. The van der Waals surface area contributed by atoms with Gasteiger partial charge in [-0.3, -0.25) is 9.48 Å². The summed E-state index contributed by atoms with van der Waals surface area (Å²) < 4.78 is 2.06. The molecule has 23 heavy (non-hydrogen) atoms. The molecule has 0 unspecified atom stereocenters. The monoisotopic (exact) mass is 333 g/mol. The molecule has 0 bridgehead atoms. The summed E-state index contributed by atoms with van der Waals surface area (Å²) in [5.74, 6) is 0.636. The van der Waals surface area contributed by atoms with Gasteiger partial charge in [-0.25, -0.2) is 0 Å². The van der Waals surface area contributed by atoms with E-state index in [0.29, 0.717) is 12.0 Å². The van der Waals surface area contributed by atoms with Gasteiger partial charge < -0.3 is 5.32 Å². The predicted octanol–water partition coefficient (Wildman–Crippen LogP) is 4.51. The van der Waals surface area contributed by atoms with Crippen molar-refractivity contribution >= 4 is 27.5 Å². The second kappa shape index (κ2) is 7.04. The zero-order chi connectivity index (χ0) is 16.4. The molecule has 4 nitrogen and oxygen atoms in total. The van der Waals surface area contributed by atoms with E-state index in [-0.39, 0.29) is 5.91 Å². The second-order valence-corrected chi connectivity index (χ2v) is 8.18. The highest BCUT2D eigenvalue weighted by atomic mass is 32.1. The van der Waals surface area contributed by atoms with Gasteiger partial charge in [0.2, 0.25) is 0 Å². The fraction of sp³-hybridized carbons (Fsp3) is 0.667. The number of rotatable bonds is 4. The molecular formula is C18H27N3OS. The smallest absolute Gasteiger partial charge is 0.261 e. The Bertz CT molecular complexity index is 678. The maximum Gasteiger partial charge on any atom is 0.261 e. The zero-order valence-electron chi connectivity index (χ0n) is 14.4. The van der Waals surface area contributed by atoms with Crippen LogP contribution in [0.25, 0.3) is 10.2 Å². The molecule has 0 aromatic carbocycles. The van der Waals surface area contributed by atoms with E-state index in [0.717, 1.165) is 40.2 Å². The molecule has 1 fully saturated rings.